The van der Waals surface area contributed by atoms with E-state index in [1.807, 2.05) is 6.08 Å². The Kier molecular flexibility index (Phi) is 3.70. The Bertz CT molecular complexity index is 350. The minimum Gasteiger partial charge on any atom is -0.379 e. The summed E-state index contributed by atoms with van der Waals surface area (Å²) in [6.45, 7) is 3.88. The number of benzene rings is 1. The molecule has 0 aromatic heterocycles. The molecular weight excluding hydrogens is 262 g/mol. The van der Waals surface area contributed by atoms with Crippen molar-refractivity contribution in [3.8, 4) is 0 Å². The van der Waals surface area contributed by atoms with Crippen LogP contribution < -0.4 is 5.32 Å². The van der Waals surface area contributed by atoms with Gasteiger partial charge in [-0.3, -0.25) is 0 Å². The van der Waals surface area contributed by atoms with Crippen LogP contribution in [-0.4, -0.2) is 5.54 Å². The fourth-order valence-electron chi connectivity index (χ4n) is 2.55. The van der Waals surface area contributed by atoms with Crippen LogP contribution in [0.15, 0.2) is 41.4 Å². The molecule has 0 bridgehead atoms. The average Bonchev–Trinajstić information content (AvgIpc) is 2.71. The third-order valence-electron chi connectivity index (χ3n) is 3.35. The molecule has 0 radical (unpaired) electrons. The SMILES string of the molecule is C=CCC1(Nc2ccc(Br)cc2)CCCC1. The molecule has 2 heteroatoms. The van der Waals surface area contributed by atoms with Crippen LogP contribution in [0.2, 0.25) is 0 Å². The molecule has 1 aliphatic carbocycles. The first-order chi connectivity index (χ1) is 7.74. The van der Waals surface area contributed by atoms with Crippen LogP contribution in [0, 0.1) is 0 Å². The maximum atomic E-state index is 3.88. The Labute approximate surface area is 106 Å². The zero-order valence-electron chi connectivity index (χ0n) is 9.51. The zero-order chi connectivity index (χ0) is 11.4. The molecule has 1 nitrogen and oxygen atoms in total. The summed E-state index contributed by atoms with van der Waals surface area (Å²) in [4.78, 5) is 0. The number of hydrogen-bond acceptors (Lipinski definition) is 1. The van der Waals surface area contributed by atoms with E-state index in [1.54, 1.807) is 0 Å². The maximum absolute atomic E-state index is 3.88. The van der Waals surface area contributed by atoms with E-state index in [1.165, 1.54) is 31.4 Å². The van der Waals surface area contributed by atoms with Crippen LogP contribution in [0.1, 0.15) is 32.1 Å². The van der Waals surface area contributed by atoms with Gasteiger partial charge in [0, 0.05) is 15.7 Å². The van der Waals surface area contributed by atoms with Crippen LogP contribution in [0.5, 0.6) is 0 Å². The summed E-state index contributed by atoms with van der Waals surface area (Å²) in [6.07, 6.45) is 8.28. The molecule has 1 aliphatic rings. The van der Waals surface area contributed by atoms with Crippen LogP contribution in [0.3, 0.4) is 0 Å². The van der Waals surface area contributed by atoms with Gasteiger partial charge in [0.25, 0.3) is 0 Å². The van der Waals surface area contributed by atoms with Crippen molar-refractivity contribution in [1.82, 2.24) is 0 Å². The largest absolute Gasteiger partial charge is 0.379 e. The standard InChI is InChI=1S/C14H18BrN/c1-2-9-14(10-3-4-11-14)16-13-7-5-12(15)6-8-13/h2,5-8,16H,1,3-4,9-11H2. The summed E-state index contributed by atoms with van der Waals surface area (Å²) in [5, 5.41) is 3.69. The lowest BCUT2D eigenvalue weighted by Crippen LogP contribution is -2.34. The minimum atomic E-state index is 0.260. The second-order valence-corrected chi connectivity index (χ2v) is 5.53. The predicted molar refractivity (Wildman–Crippen MR) is 73.8 cm³/mol. The lowest BCUT2D eigenvalue weighted by atomic mass is 9.93. The Morgan fingerprint density at radius 2 is 1.88 bits per heavy atom. The number of nitrogens with one attached hydrogen (secondary N) is 1. The summed E-state index contributed by atoms with van der Waals surface area (Å²) in [7, 11) is 0. The summed E-state index contributed by atoms with van der Waals surface area (Å²) in [5.41, 5.74) is 1.47. The molecule has 0 saturated heterocycles. The van der Waals surface area contributed by atoms with E-state index in [2.05, 4.69) is 52.1 Å². The second-order valence-electron chi connectivity index (χ2n) is 4.61. The third kappa shape index (κ3) is 2.67. The van der Waals surface area contributed by atoms with E-state index in [-0.39, 0.29) is 5.54 Å². The smallest absolute Gasteiger partial charge is 0.0408 e. The molecule has 2 rings (SSSR count). The first-order valence-electron chi connectivity index (χ1n) is 5.89. The molecule has 1 aromatic carbocycles. The van der Waals surface area contributed by atoms with Gasteiger partial charge >= 0.3 is 0 Å². The molecule has 1 saturated carbocycles. The fourth-order valence-corrected chi connectivity index (χ4v) is 2.81. The van der Waals surface area contributed by atoms with Crippen molar-refractivity contribution in [3.05, 3.63) is 41.4 Å². The van der Waals surface area contributed by atoms with Crippen molar-refractivity contribution in [2.75, 3.05) is 5.32 Å². The van der Waals surface area contributed by atoms with E-state index in [4.69, 9.17) is 0 Å². The summed E-state index contributed by atoms with van der Waals surface area (Å²) in [5.74, 6) is 0. The number of hydrogen-bond donors (Lipinski definition) is 1. The van der Waals surface area contributed by atoms with Gasteiger partial charge in [-0.25, -0.2) is 0 Å². The van der Waals surface area contributed by atoms with Gasteiger partial charge in [0.15, 0.2) is 0 Å². The Morgan fingerprint density at radius 1 is 1.25 bits per heavy atom. The highest BCUT2D eigenvalue weighted by molar-refractivity contribution is 9.10. The van der Waals surface area contributed by atoms with Gasteiger partial charge in [-0.2, -0.15) is 0 Å². The highest BCUT2D eigenvalue weighted by Crippen LogP contribution is 2.36. The fraction of sp³-hybridized carbons (Fsp3) is 0.429. The van der Waals surface area contributed by atoms with Crippen molar-refractivity contribution in [2.45, 2.75) is 37.6 Å². The maximum Gasteiger partial charge on any atom is 0.0408 e. The highest BCUT2D eigenvalue weighted by Gasteiger charge is 2.32. The van der Waals surface area contributed by atoms with Gasteiger partial charge in [0.1, 0.15) is 0 Å². The number of rotatable bonds is 4. The van der Waals surface area contributed by atoms with Crippen molar-refractivity contribution in [1.29, 1.82) is 0 Å². The van der Waals surface area contributed by atoms with Crippen LogP contribution in [-0.2, 0) is 0 Å². The minimum absolute atomic E-state index is 0.260. The third-order valence-corrected chi connectivity index (χ3v) is 3.88. The molecular formula is C14H18BrN. The monoisotopic (exact) mass is 279 g/mol. The van der Waals surface area contributed by atoms with Crippen LogP contribution >= 0.6 is 15.9 Å². The first-order valence-corrected chi connectivity index (χ1v) is 6.68. The van der Waals surface area contributed by atoms with E-state index in [0.29, 0.717) is 0 Å². The van der Waals surface area contributed by atoms with Crippen molar-refractivity contribution < 1.29 is 0 Å². The van der Waals surface area contributed by atoms with Gasteiger partial charge in [-0.05, 0) is 43.5 Å². The molecule has 1 N–H and O–H groups in total. The molecule has 1 aromatic rings. The van der Waals surface area contributed by atoms with Crippen molar-refractivity contribution in [2.24, 2.45) is 0 Å². The lowest BCUT2D eigenvalue weighted by Gasteiger charge is -2.30. The first kappa shape index (κ1) is 11.7. The quantitative estimate of drug-likeness (QED) is 0.785. The Morgan fingerprint density at radius 3 is 2.44 bits per heavy atom. The highest BCUT2D eigenvalue weighted by atomic mass is 79.9. The van der Waals surface area contributed by atoms with E-state index >= 15 is 0 Å². The normalized spacial score (nSPS) is 18.3. The molecule has 0 amide bonds. The van der Waals surface area contributed by atoms with E-state index in [0.717, 1.165) is 10.9 Å². The molecule has 0 aliphatic heterocycles. The summed E-state index contributed by atoms with van der Waals surface area (Å²) in [6, 6.07) is 8.43. The van der Waals surface area contributed by atoms with Gasteiger partial charge in [0.05, 0.1) is 0 Å². The molecule has 0 heterocycles. The average molecular weight is 280 g/mol. The molecule has 0 unspecified atom stereocenters. The Balaban J connectivity index is 2.11. The summed E-state index contributed by atoms with van der Waals surface area (Å²) >= 11 is 3.46. The van der Waals surface area contributed by atoms with Gasteiger partial charge in [-0.1, -0.05) is 34.8 Å². The van der Waals surface area contributed by atoms with Gasteiger partial charge in [0.2, 0.25) is 0 Å². The molecule has 0 spiro atoms. The van der Waals surface area contributed by atoms with Crippen LogP contribution in [0.25, 0.3) is 0 Å². The van der Waals surface area contributed by atoms with Crippen molar-refractivity contribution >= 4 is 21.6 Å². The predicted octanol–water partition coefficient (Wildman–Crippen LogP) is 4.75. The topological polar surface area (TPSA) is 12.0 Å². The second kappa shape index (κ2) is 5.05. The molecule has 1 fully saturated rings. The van der Waals surface area contributed by atoms with Crippen LogP contribution in [0.4, 0.5) is 5.69 Å². The number of anilines is 1. The molecule has 16 heavy (non-hydrogen) atoms. The van der Waals surface area contributed by atoms with Gasteiger partial charge < -0.3 is 5.32 Å². The Hall–Kier alpha value is -0.760. The lowest BCUT2D eigenvalue weighted by molar-refractivity contribution is 0.488. The zero-order valence-corrected chi connectivity index (χ0v) is 11.1. The van der Waals surface area contributed by atoms with E-state index < -0.39 is 0 Å². The van der Waals surface area contributed by atoms with Crippen molar-refractivity contribution in [3.63, 3.8) is 0 Å². The molecule has 86 valence electrons. The molecule has 0 atom stereocenters. The number of halogens is 1. The van der Waals surface area contributed by atoms with E-state index in [9.17, 15) is 0 Å². The van der Waals surface area contributed by atoms with Gasteiger partial charge in [-0.15, -0.1) is 6.58 Å². The summed E-state index contributed by atoms with van der Waals surface area (Å²) < 4.78 is 1.13.